The van der Waals surface area contributed by atoms with E-state index in [1.807, 2.05) is 0 Å². The molecule has 0 radical (unpaired) electrons. The van der Waals surface area contributed by atoms with Gasteiger partial charge >= 0.3 is 0 Å². The standard InChI is InChI=1S/C22H35N7/c1-22(2,3)16-24-20-25-19(23)26-21(27-20)29-13-8-11-18(12-14-29)28(4)15-17-9-6-5-7-10-17/h5-7,9-10,18H,8,11-16H2,1-4H3,(H3,23,24,25,26,27). The molecule has 1 saturated heterocycles. The van der Waals surface area contributed by atoms with Gasteiger partial charge in [0.15, 0.2) is 0 Å². The Balaban J connectivity index is 1.62. The summed E-state index contributed by atoms with van der Waals surface area (Å²) < 4.78 is 0. The van der Waals surface area contributed by atoms with Gasteiger partial charge in [0.1, 0.15) is 0 Å². The normalized spacial score (nSPS) is 18.0. The second kappa shape index (κ2) is 9.39. The highest BCUT2D eigenvalue weighted by molar-refractivity contribution is 5.42. The maximum Gasteiger partial charge on any atom is 0.231 e. The van der Waals surface area contributed by atoms with E-state index in [0.717, 1.165) is 39.0 Å². The second-order valence-electron chi connectivity index (χ2n) is 9.20. The first kappa shape index (κ1) is 21.3. The average Bonchev–Trinajstić information content (AvgIpc) is 2.93. The van der Waals surface area contributed by atoms with Gasteiger partial charge in [0.25, 0.3) is 0 Å². The van der Waals surface area contributed by atoms with Gasteiger partial charge in [-0.1, -0.05) is 51.1 Å². The Morgan fingerprint density at radius 1 is 1.10 bits per heavy atom. The lowest BCUT2D eigenvalue weighted by Gasteiger charge is -2.27. The lowest BCUT2D eigenvalue weighted by Crippen LogP contribution is -2.33. The van der Waals surface area contributed by atoms with E-state index in [-0.39, 0.29) is 11.4 Å². The van der Waals surface area contributed by atoms with Crippen molar-refractivity contribution in [1.29, 1.82) is 0 Å². The summed E-state index contributed by atoms with van der Waals surface area (Å²) in [5.41, 5.74) is 7.47. The molecular weight excluding hydrogens is 362 g/mol. The fourth-order valence-corrected chi connectivity index (χ4v) is 3.67. The number of hydrogen-bond acceptors (Lipinski definition) is 7. The molecule has 0 aliphatic carbocycles. The highest BCUT2D eigenvalue weighted by Gasteiger charge is 2.23. The van der Waals surface area contributed by atoms with Crippen LogP contribution in [0.2, 0.25) is 0 Å². The van der Waals surface area contributed by atoms with Crippen LogP contribution in [0.4, 0.5) is 17.8 Å². The molecule has 2 heterocycles. The van der Waals surface area contributed by atoms with Gasteiger partial charge < -0.3 is 16.0 Å². The predicted molar refractivity (Wildman–Crippen MR) is 120 cm³/mol. The topological polar surface area (TPSA) is 83.2 Å². The molecule has 1 aromatic carbocycles. The number of rotatable bonds is 6. The summed E-state index contributed by atoms with van der Waals surface area (Å²) in [5.74, 6) is 1.51. The molecule has 3 N–H and O–H groups in total. The molecule has 1 aromatic heterocycles. The molecule has 1 fully saturated rings. The highest BCUT2D eigenvalue weighted by atomic mass is 15.3. The van der Waals surface area contributed by atoms with E-state index in [9.17, 15) is 0 Å². The van der Waals surface area contributed by atoms with Gasteiger partial charge in [-0.15, -0.1) is 0 Å². The summed E-state index contributed by atoms with van der Waals surface area (Å²) in [4.78, 5) is 18.0. The Bertz CT molecular complexity index is 772. The SMILES string of the molecule is CN(Cc1ccccc1)C1CCCN(c2nc(N)nc(NCC(C)(C)C)n2)CC1. The molecule has 29 heavy (non-hydrogen) atoms. The van der Waals surface area contributed by atoms with E-state index in [1.165, 1.54) is 12.0 Å². The number of anilines is 3. The molecule has 1 unspecified atom stereocenters. The van der Waals surface area contributed by atoms with Crippen LogP contribution in [-0.4, -0.2) is 52.6 Å². The van der Waals surface area contributed by atoms with Crippen molar-refractivity contribution in [3.05, 3.63) is 35.9 Å². The van der Waals surface area contributed by atoms with Gasteiger partial charge in [-0.05, 0) is 37.3 Å². The number of nitrogen functional groups attached to an aromatic ring is 1. The van der Waals surface area contributed by atoms with Gasteiger partial charge in [0, 0.05) is 32.2 Å². The molecule has 7 heteroatoms. The molecule has 0 saturated carbocycles. The van der Waals surface area contributed by atoms with E-state index < -0.39 is 0 Å². The van der Waals surface area contributed by atoms with Crippen LogP contribution in [0.5, 0.6) is 0 Å². The van der Waals surface area contributed by atoms with Crippen LogP contribution in [0.1, 0.15) is 45.6 Å². The number of nitrogens with two attached hydrogens (primary N) is 1. The van der Waals surface area contributed by atoms with Crippen LogP contribution < -0.4 is 16.0 Å². The minimum Gasteiger partial charge on any atom is -0.368 e. The Labute approximate surface area is 174 Å². The summed E-state index contributed by atoms with van der Waals surface area (Å²) in [6, 6.07) is 11.2. The summed E-state index contributed by atoms with van der Waals surface area (Å²) in [6.07, 6.45) is 3.37. The molecule has 0 spiro atoms. The number of nitrogens with one attached hydrogen (secondary N) is 1. The molecule has 158 valence electrons. The van der Waals surface area contributed by atoms with Gasteiger partial charge in [0.05, 0.1) is 0 Å². The Morgan fingerprint density at radius 2 is 1.86 bits per heavy atom. The van der Waals surface area contributed by atoms with Crippen LogP contribution in [-0.2, 0) is 6.54 Å². The number of benzene rings is 1. The maximum absolute atomic E-state index is 5.97. The van der Waals surface area contributed by atoms with Crippen molar-refractivity contribution in [2.24, 2.45) is 5.41 Å². The molecule has 1 aliphatic heterocycles. The minimum absolute atomic E-state index is 0.140. The minimum atomic E-state index is 0.140. The summed E-state index contributed by atoms with van der Waals surface area (Å²) in [7, 11) is 2.22. The zero-order valence-electron chi connectivity index (χ0n) is 18.2. The third-order valence-electron chi connectivity index (χ3n) is 5.30. The van der Waals surface area contributed by atoms with Crippen molar-refractivity contribution in [2.75, 3.05) is 42.6 Å². The smallest absolute Gasteiger partial charge is 0.231 e. The molecule has 7 nitrogen and oxygen atoms in total. The molecule has 2 aromatic rings. The average molecular weight is 398 g/mol. The lowest BCUT2D eigenvalue weighted by atomic mass is 9.97. The molecule has 1 atom stereocenters. The van der Waals surface area contributed by atoms with Crippen molar-refractivity contribution >= 4 is 17.8 Å². The zero-order chi connectivity index (χ0) is 20.9. The van der Waals surface area contributed by atoms with Crippen molar-refractivity contribution in [1.82, 2.24) is 19.9 Å². The Morgan fingerprint density at radius 3 is 2.59 bits per heavy atom. The number of aromatic nitrogens is 3. The van der Waals surface area contributed by atoms with E-state index in [1.54, 1.807) is 0 Å². The van der Waals surface area contributed by atoms with Crippen LogP contribution in [0.25, 0.3) is 0 Å². The van der Waals surface area contributed by atoms with E-state index >= 15 is 0 Å². The highest BCUT2D eigenvalue weighted by Crippen LogP contribution is 2.22. The third-order valence-corrected chi connectivity index (χ3v) is 5.30. The van der Waals surface area contributed by atoms with E-state index in [2.05, 4.69) is 88.2 Å². The molecule has 1 aliphatic rings. The third kappa shape index (κ3) is 6.56. The molecular formula is C22H35N7. The maximum atomic E-state index is 5.97. The summed E-state index contributed by atoms with van der Waals surface area (Å²) in [6.45, 7) is 10.1. The lowest BCUT2D eigenvalue weighted by molar-refractivity contribution is 0.217. The van der Waals surface area contributed by atoms with Gasteiger partial charge in [0.2, 0.25) is 17.8 Å². The number of hydrogen-bond donors (Lipinski definition) is 2. The quantitative estimate of drug-likeness (QED) is 0.773. The van der Waals surface area contributed by atoms with Crippen LogP contribution in [0.15, 0.2) is 30.3 Å². The van der Waals surface area contributed by atoms with E-state index in [0.29, 0.717) is 17.9 Å². The van der Waals surface area contributed by atoms with Gasteiger partial charge in [-0.25, -0.2) is 0 Å². The second-order valence-corrected chi connectivity index (χ2v) is 9.20. The van der Waals surface area contributed by atoms with Crippen LogP contribution in [0, 0.1) is 5.41 Å². The monoisotopic (exact) mass is 397 g/mol. The summed E-state index contributed by atoms with van der Waals surface area (Å²) >= 11 is 0. The van der Waals surface area contributed by atoms with Gasteiger partial charge in [-0.3, -0.25) is 4.90 Å². The van der Waals surface area contributed by atoms with E-state index in [4.69, 9.17) is 5.73 Å². The van der Waals surface area contributed by atoms with Crippen molar-refractivity contribution < 1.29 is 0 Å². The Hall–Kier alpha value is -2.41. The van der Waals surface area contributed by atoms with Crippen molar-refractivity contribution in [3.63, 3.8) is 0 Å². The van der Waals surface area contributed by atoms with Crippen LogP contribution in [0.3, 0.4) is 0 Å². The largest absolute Gasteiger partial charge is 0.368 e. The van der Waals surface area contributed by atoms with Crippen molar-refractivity contribution in [2.45, 2.75) is 52.6 Å². The first-order valence-corrected chi connectivity index (χ1v) is 10.5. The number of nitrogens with zero attached hydrogens (tertiary/aromatic N) is 5. The molecule has 0 bridgehead atoms. The fraction of sp³-hybridized carbons (Fsp3) is 0.591. The predicted octanol–water partition coefficient (Wildman–Crippen LogP) is 3.40. The van der Waals surface area contributed by atoms with Crippen LogP contribution >= 0.6 is 0 Å². The Kier molecular flexibility index (Phi) is 6.90. The first-order chi connectivity index (χ1) is 13.8. The fourth-order valence-electron chi connectivity index (χ4n) is 3.67. The summed E-state index contributed by atoms with van der Waals surface area (Å²) in [5, 5.41) is 3.30. The molecule has 3 rings (SSSR count). The van der Waals surface area contributed by atoms with Crippen molar-refractivity contribution in [3.8, 4) is 0 Å². The molecule has 0 amide bonds. The van der Waals surface area contributed by atoms with Gasteiger partial charge in [-0.2, -0.15) is 15.0 Å². The zero-order valence-corrected chi connectivity index (χ0v) is 18.2. The first-order valence-electron chi connectivity index (χ1n) is 10.5.